The Hall–Kier alpha value is -1.82. The van der Waals surface area contributed by atoms with E-state index in [0.717, 1.165) is 62.9 Å². The summed E-state index contributed by atoms with van der Waals surface area (Å²) >= 11 is 0. The SMILES string of the molecule is CCC(C(N)=O)c1ccc(NCC2CCOCC2)nc1N1CCCC1. The van der Waals surface area contributed by atoms with E-state index in [-0.39, 0.29) is 11.8 Å². The van der Waals surface area contributed by atoms with Gasteiger partial charge in [0.15, 0.2) is 0 Å². The largest absolute Gasteiger partial charge is 0.381 e. The van der Waals surface area contributed by atoms with Gasteiger partial charge < -0.3 is 20.7 Å². The number of amides is 1. The predicted molar refractivity (Wildman–Crippen MR) is 99.9 cm³/mol. The summed E-state index contributed by atoms with van der Waals surface area (Å²) in [5.74, 6) is 1.91. The van der Waals surface area contributed by atoms with Gasteiger partial charge in [0.05, 0.1) is 5.92 Å². The molecule has 2 fully saturated rings. The lowest BCUT2D eigenvalue weighted by atomic mass is 9.96. The Morgan fingerprint density at radius 2 is 2.08 bits per heavy atom. The number of carbonyl (C=O) groups excluding carboxylic acids is 1. The molecule has 6 heteroatoms. The van der Waals surface area contributed by atoms with Gasteiger partial charge in [-0.15, -0.1) is 0 Å². The van der Waals surface area contributed by atoms with E-state index in [4.69, 9.17) is 15.5 Å². The van der Waals surface area contributed by atoms with Gasteiger partial charge in [-0.2, -0.15) is 0 Å². The standard InChI is InChI=1S/C19H30N4O2/c1-2-15(18(20)24)16-5-6-17(21-13-14-7-11-25-12-8-14)22-19(16)23-9-3-4-10-23/h5-6,14-15H,2-4,7-13H2,1H3,(H2,20,24)(H,21,22). The van der Waals surface area contributed by atoms with Crippen LogP contribution in [0.1, 0.15) is 50.5 Å². The Kier molecular flexibility index (Phi) is 6.13. The molecule has 0 bridgehead atoms. The molecule has 0 aliphatic carbocycles. The van der Waals surface area contributed by atoms with E-state index in [0.29, 0.717) is 12.3 Å². The first-order chi connectivity index (χ1) is 12.2. The van der Waals surface area contributed by atoms with Crippen molar-refractivity contribution in [2.24, 2.45) is 11.7 Å². The van der Waals surface area contributed by atoms with E-state index >= 15 is 0 Å². The summed E-state index contributed by atoms with van der Waals surface area (Å²) in [4.78, 5) is 19.0. The fourth-order valence-electron chi connectivity index (χ4n) is 3.79. The molecule has 2 saturated heterocycles. The zero-order valence-electron chi connectivity index (χ0n) is 15.2. The Bertz CT molecular complexity index is 581. The predicted octanol–water partition coefficient (Wildman–Crippen LogP) is 2.50. The van der Waals surface area contributed by atoms with Crippen molar-refractivity contribution in [2.75, 3.05) is 43.1 Å². The number of hydrogen-bond acceptors (Lipinski definition) is 5. The maximum Gasteiger partial charge on any atom is 0.225 e. The normalized spacial score (nSPS) is 19.8. The molecule has 0 spiro atoms. The molecule has 138 valence electrons. The van der Waals surface area contributed by atoms with E-state index in [1.54, 1.807) is 0 Å². The molecule has 1 aromatic heterocycles. The molecule has 1 amide bonds. The van der Waals surface area contributed by atoms with Crippen LogP contribution in [0.2, 0.25) is 0 Å². The third kappa shape index (κ3) is 4.42. The van der Waals surface area contributed by atoms with Crippen LogP contribution in [0.3, 0.4) is 0 Å². The lowest BCUT2D eigenvalue weighted by molar-refractivity contribution is -0.119. The topological polar surface area (TPSA) is 80.5 Å². The number of hydrogen-bond donors (Lipinski definition) is 2. The molecule has 0 saturated carbocycles. The van der Waals surface area contributed by atoms with E-state index in [1.165, 1.54) is 12.8 Å². The first-order valence-electron chi connectivity index (χ1n) is 9.56. The summed E-state index contributed by atoms with van der Waals surface area (Å²) in [7, 11) is 0. The summed E-state index contributed by atoms with van der Waals surface area (Å²) in [6.45, 7) is 6.63. The zero-order valence-corrected chi connectivity index (χ0v) is 15.2. The van der Waals surface area contributed by atoms with E-state index < -0.39 is 0 Å². The van der Waals surface area contributed by atoms with Gasteiger partial charge in [-0.1, -0.05) is 13.0 Å². The highest BCUT2D eigenvalue weighted by Gasteiger charge is 2.25. The minimum Gasteiger partial charge on any atom is -0.381 e. The van der Waals surface area contributed by atoms with E-state index in [9.17, 15) is 4.79 Å². The highest BCUT2D eigenvalue weighted by molar-refractivity contribution is 5.83. The molecule has 2 aliphatic heterocycles. The van der Waals surface area contributed by atoms with Crippen LogP contribution in [0.4, 0.5) is 11.6 Å². The van der Waals surface area contributed by atoms with Crippen molar-refractivity contribution in [2.45, 2.75) is 44.9 Å². The van der Waals surface area contributed by atoms with E-state index in [1.807, 2.05) is 19.1 Å². The third-order valence-electron chi connectivity index (χ3n) is 5.35. The maximum absolute atomic E-state index is 11.9. The number of ether oxygens (including phenoxy) is 1. The van der Waals surface area contributed by atoms with Gasteiger partial charge >= 0.3 is 0 Å². The van der Waals surface area contributed by atoms with Crippen molar-refractivity contribution in [1.82, 2.24) is 4.98 Å². The molecular formula is C19H30N4O2. The quantitative estimate of drug-likeness (QED) is 0.793. The number of rotatable bonds is 7. The van der Waals surface area contributed by atoms with Crippen LogP contribution in [-0.4, -0.2) is 43.7 Å². The first-order valence-corrected chi connectivity index (χ1v) is 9.56. The van der Waals surface area contributed by atoms with Gasteiger partial charge in [-0.25, -0.2) is 4.98 Å². The van der Waals surface area contributed by atoms with Gasteiger partial charge in [-0.05, 0) is 44.1 Å². The Balaban J connectivity index is 1.78. The fourth-order valence-corrected chi connectivity index (χ4v) is 3.79. The summed E-state index contributed by atoms with van der Waals surface area (Å²) in [6, 6.07) is 4.02. The molecule has 1 aromatic rings. The summed E-state index contributed by atoms with van der Waals surface area (Å²) in [5, 5.41) is 3.48. The molecule has 3 heterocycles. The summed E-state index contributed by atoms with van der Waals surface area (Å²) < 4.78 is 5.42. The van der Waals surface area contributed by atoms with Gasteiger partial charge in [0.25, 0.3) is 0 Å². The van der Waals surface area contributed by atoms with Gasteiger partial charge in [0.1, 0.15) is 11.6 Å². The van der Waals surface area contributed by atoms with Crippen LogP contribution in [-0.2, 0) is 9.53 Å². The molecule has 1 unspecified atom stereocenters. The average Bonchev–Trinajstić information content (AvgIpc) is 3.16. The van der Waals surface area contributed by atoms with Crippen LogP contribution < -0.4 is 16.0 Å². The number of nitrogens with two attached hydrogens (primary N) is 1. The van der Waals surface area contributed by atoms with Crippen molar-refractivity contribution in [3.05, 3.63) is 17.7 Å². The van der Waals surface area contributed by atoms with E-state index in [2.05, 4.69) is 10.2 Å². The molecule has 25 heavy (non-hydrogen) atoms. The minimum absolute atomic E-state index is 0.271. The number of primary amides is 1. The zero-order chi connectivity index (χ0) is 17.6. The van der Waals surface area contributed by atoms with Crippen molar-refractivity contribution in [3.63, 3.8) is 0 Å². The second-order valence-electron chi connectivity index (χ2n) is 7.10. The maximum atomic E-state index is 11.9. The third-order valence-corrected chi connectivity index (χ3v) is 5.35. The van der Waals surface area contributed by atoms with Crippen LogP contribution in [0.5, 0.6) is 0 Å². The Morgan fingerprint density at radius 3 is 2.72 bits per heavy atom. The fraction of sp³-hybridized carbons (Fsp3) is 0.684. The Labute approximate surface area is 150 Å². The summed E-state index contributed by atoms with van der Waals surface area (Å²) in [5.41, 5.74) is 6.59. The molecule has 3 rings (SSSR count). The van der Waals surface area contributed by atoms with Crippen molar-refractivity contribution < 1.29 is 9.53 Å². The number of nitrogens with zero attached hydrogens (tertiary/aromatic N) is 2. The molecular weight excluding hydrogens is 316 g/mol. The second-order valence-corrected chi connectivity index (χ2v) is 7.10. The van der Waals surface area contributed by atoms with Crippen LogP contribution in [0.25, 0.3) is 0 Å². The number of carbonyl (C=O) groups is 1. The molecule has 3 N–H and O–H groups in total. The monoisotopic (exact) mass is 346 g/mol. The van der Waals surface area contributed by atoms with Crippen molar-refractivity contribution in [1.29, 1.82) is 0 Å². The molecule has 2 aliphatic rings. The second kappa shape index (κ2) is 8.52. The van der Waals surface area contributed by atoms with Gasteiger partial charge in [-0.3, -0.25) is 4.79 Å². The highest BCUT2D eigenvalue weighted by atomic mass is 16.5. The molecule has 1 atom stereocenters. The number of nitrogens with one attached hydrogen (secondary N) is 1. The van der Waals surface area contributed by atoms with Gasteiger partial charge in [0, 0.05) is 38.4 Å². The number of pyridine rings is 1. The highest BCUT2D eigenvalue weighted by Crippen LogP contribution is 2.32. The van der Waals surface area contributed by atoms with Crippen molar-refractivity contribution >= 4 is 17.5 Å². The van der Waals surface area contributed by atoms with Crippen molar-refractivity contribution in [3.8, 4) is 0 Å². The smallest absolute Gasteiger partial charge is 0.225 e. The minimum atomic E-state index is -0.271. The molecule has 0 aromatic carbocycles. The number of aromatic nitrogens is 1. The first kappa shape index (κ1) is 18.0. The Morgan fingerprint density at radius 1 is 1.36 bits per heavy atom. The van der Waals surface area contributed by atoms with Crippen LogP contribution in [0.15, 0.2) is 12.1 Å². The summed E-state index contributed by atoms with van der Waals surface area (Å²) in [6.07, 6.45) is 5.25. The van der Waals surface area contributed by atoms with Gasteiger partial charge in [0.2, 0.25) is 5.91 Å². The average molecular weight is 346 g/mol. The lowest BCUT2D eigenvalue weighted by Crippen LogP contribution is -2.27. The van der Waals surface area contributed by atoms with Crippen LogP contribution in [0, 0.1) is 5.92 Å². The number of anilines is 2. The van der Waals surface area contributed by atoms with Crippen LogP contribution >= 0.6 is 0 Å². The molecule has 6 nitrogen and oxygen atoms in total. The molecule has 0 radical (unpaired) electrons. The lowest BCUT2D eigenvalue weighted by Gasteiger charge is -2.25.